The van der Waals surface area contributed by atoms with Gasteiger partial charge in [0.05, 0.1) is 6.54 Å². The van der Waals surface area contributed by atoms with E-state index in [4.69, 9.17) is 4.74 Å². The monoisotopic (exact) mass is 440 g/mol. The minimum absolute atomic E-state index is 0.166. The van der Waals surface area contributed by atoms with Crippen molar-refractivity contribution in [2.45, 2.75) is 12.6 Å². The second kappa shape index (κ2) is 10.9. The van der Waals surface area contributed by atoms with E-state index in [1.165, 1.54) is 7.05 Å². The molecule has 0 aromatic heterocycles. The summed E-state index contributed by atoms with van der Waals surface area (Å²) in [5.41, 5.74) is 4.27. The van der Waals surface area contributed by atoms with Crippen molar-refractivity contribution in [2.24, 2.45) is 0 Å². The van der Waals surface area contributed by atoms with Crippen molar-refractivity contribution in [1.82, 2.24) is 21.1 Å². The second-order valence-corrected chi connectivity index (χ2v) is 6.29. The molecule has 3 amide bonds. The highest BCUT2D eigenvalue weighted by Crippen LogP contribution is 2.16. The highest BCUT2D eigenvalue weighted by atomic mass is 79.9. The van der Waals surface area contributed by atoms with Gasteiger partial charge in [-0.05, 0) is 44.3 Å². The van der Waals surface area contributed by atoms with Crippen LogP contribution in [0.5, 0.6) is 5.75 Å². The van der Waals surface area contributed by atoms with Gasteiger partial charge in [0.15, 0.2) is 6.61 Å². The molecule has 7 nitrogen and oxygen atoms in total. The third kappa shape index (κ3) is 10.8. The lowest BCUT2D eigenvalue weighted by atomic mass is 10.3. The number of hydrogen-bond donors (Lipinski definition) is 3. The molecule has 0 aliphatic rings. The van der Waals surface area contributed by atoms with Gasteiger partial charge in [0.1, 0.15) is 5.75 Å². The smallest absolute Gasteiger partial charge is 0.401 e. The molecule has 0 atom stereocenters. The van der Waals surface area contributed by atoms with Crippen LogP contribution in [0.1, 0.15) is 6.42 Å². The van der Waals surface area contributed by atoms with E-state index in [1.54, 1.807) is 24.3 Å². The summed E-state index contributed by atoms with van der Waals surface area (Å²) in [4.78, 5) is 24.1. The summed E-state index contributed by atoms with van der Waals surface area (Å²) >= 11 is 3.27. The Bertz CT molecular complexity index is 584. The van der Waals surface area contributed by atoms with Gasteiger partial charge in [-0.1, -0.05) is 15.9 Å². The maximum atomic E-state index is 12.1. The van der Waals surface area contributed by atoms with E-state index in [9.17, 15) is 22.8 Å². The quantitative estimate of drug-likeness (QED) is 0.426. The van der Waals surface area contributed by atoms with Gasteiger partial charge in [-0.25, -0.2) is 10.2 Å². The minimum atomic E-state index is -4.25. The van der Waals surface area contributed by atoms with Gasteiger partial charge in [0.2, 0.25) is 0 Å². The van der Waals surface area contributed by atoms with Crippen LogP contribution in [0.25, 0.3) is 0 Å². The first-order valence-electron chi connectivity index (χ1n) is 7.62. The molecule has 0 fully saturated rings. The van der Waals surface area contributed by atoms with Crippen LogP contribution in [0.15, 0.2) is 28.7 Å². The fraction of sp³-hybridized carbons (Fsp3) is 0.467. The van der Waals surface area contributed by atoms with E-state index in [2.05, 4.69) is 32.1 Å². The summed E-state index contributed by atoms with van der Waals surface area (Å²) in [6.45, 7) is -0.954. The van der Waals surface area contributed by atoms with Crippen molar-refractivity contribution in [2.75, 3.05) is 33.3 Å². The number of alkyl halides is 3. The molecular formula is C15H20BrF3N4O3. The van der Waals surface area contributed by atoms with Gasteiger partial charge in [0, 0.05) is 11.0 Å². The number of ether oxygens (including phenoxy) is 1. The summed E-state index contributed by atoms with van der Waals surface area (Å²) in [6.07, 6.45) is -3.91. The summed E-state index contributed by atoms with van der Waals surface area (Å²) in [5, 5.41) is 2.42. The van der Waals surface area contributed by atoms with Crippen LogP contribution in [0.4, 0.5) is 18.0 Å². The first-order valence-corrected chi connectivity index (χ1v) is 8.41. The van der Waals surface area contributed by atoms with E-state index < -0.39 is 24.7 Å². The Balaban J connectivity index is 2.10. The number of benzene rings is 1. The van der Waals surface area contributed by atoms with Gasteiger partial charge in [-0.2, -0.15) is 13.2 Å². The first kappa shape index (κ1) is 22.0. The summed E-state index contributed by atoms with van der Waals surface area (Å²) in [6, 6.07) is 6.19. The number of carbonyl (C=O) groups is 2. The molecule has 0 heterocycles. The molecule has 0 radical (unpaired) electrons. The molecule has 0 aliphatic carbocycles. The third-order valence-electron chi connectivity index (χ3n) is 2.95. The van der Waals surface area contributed by atoms with E-state index in [-0.39, 0.29) is 19.7 Å². The molecule has 1 aromatic carbocycles. The van der Waals surface area contributed by atoms with Gasteiger partial charge >= 0.3 is 12.2 Å². The van der Waals surface area contributed by atoms with Crippen LogP contribution in [-0.4, -0.2) is 56.3 Å². The summed E-state index contributed by atoms with van der Waals surface area (Å²) < 4.78 is 42.5. The topological polar surface area (TPSA) is 82.7 Å². The number of hydrogen-bond acceptors (Lipinski definition) is 4. The summed E-state index contributed by atoms with van der Waals surface area (Å²) in [7, 11) is 1.35. The molecule has 0 saturated carbocycles. The number of hydrazine groups is 1. The predicted molar refractivity (Wildman–Crippen MR) is 92.5 cm³/mol. The fourth-order valence-electron chi connectivity index (χ4n) is 1.82. The van der Waals surface area contributed by atoms with Crippen molar-refractivity contribution in [1.29, 1.82) is 0 Å². The zero-order valence-corrected chi connectivity index (χ0v) is 15.6. The molecule has 0 spiro atoms. The van der Waals surface area contributed by atoms with E-state index >= 15 is 0 Å². The molecule has 0 unspecified atom stereocenters. The van der Waals surface area contributed by atoms with Crippen LogP contribution in [0.2, 0.25) is 0 Å². The van der Waals surface area contributed by atoms with Crippen molar-refractivity contribution < 1.29 is 27.5 Å². The molecule has 1 aromatic rings. The SMILES string of the molecule is CN(CCCNC(=O)NNC(=O)COc1ccc(Br)cc1)CC(F)(F)F. The number of rotatable bonds is 8. The second-order valence-electron chi connectivity index (χ2n) is 5.38. The minimum Gasteiger partial charge on any atom is -0.484 e. The van der Waals surface area contributed by atoms with E-state index in [0.29, 0.717) is 12.2 Å². The lowest BCUT2D eigenvalue weighted by molar-refractivity contribution is -0.143. The average Bonchev–Trinajstić information content (AvgIpc) is 2.55. The third-order valence-corrected chi connectivity index (χ3v) is 3.48. The highest BCUT2D eigenvalue weighted by molar-refractivity contribution is 9.10. The Morgan fingerprint density at radius 1 is 1.19 bits per heavy atom. The maximum Gasteiger partial charge on any atom is 0.401 e. The maximum absolute atomic E-state index is 12.1. The number of halogens is 4. The number of nitrogens with one attached hydrogen (secondary N) is 3. The van der Waals surface area contributed by atoms with Crippen LogP contribution in [0, 0.1) is 0 Å². The van der Waals surface area contributed by atoms with E-state index in [1.807, 2.05) is 0 Å². The lowest BCUT2D eigenvalue weighted by Gasteiger charge is -2.18. The molecule has 11 heteroatoms. The number of urea groups is 1. The number of amides is 3. The first-order chi connectivity index (χ1) is 12.2. The fourth-order valence-corrected chi connectivity index (χ4v) is 2.09. The van der Waals surface area contributed by atoms with Crippen molar-refractivity contribution in [3.8, 4) is 5.75 Å². The zero-order valence-electron chi connectivity index (χ0n) is 14.0. The van der Waals surface area contributed by atoms with Gasteiger partial charge in [-0.3, -0.25) is 15.1 Å². The van der Waals surface area contributed by atoms with Crippen molar-refractivity contribution in [3.63, 3.8) is 0 Å². The zero-order chi connectivity index (χ0) is 19.6. The molecule has 146 valence electrons. The Morgan fingerprint density at radius 2 is 1.85 bits per heavy atom. The van der Waals surface area contributed by atoms with Gasteiger partial charge in [0.25, 0.3) is 5.91 Å². The molecule has 0 aliphatic heterocycles. The molecule has 26 heavy (non-hydrogen) atoms. The Labute approximate surface area is 157 Å². The van der Waals surface area contributed by atoms with Gasteiger partial charge in [-0.15, -0.1) is 0 Å². The van der Waals surface area contributed by atoms with Crippen LogP contribution >= 0.6 is 15.9 Å². The van der Waals surface area contributed by atoms with Crippen LogP contribution < -0.4 is 20.9 Å². The molecule has 3 N–H and O–H groups in total. The van der Waals surface area contributed by atoms with E-state index in [0.717, 1.165) is 9.37 Å². The van der Waals surface area contributed by atoms with Crippen molar-refractivity contribution in [3.05, 3.63) is 28.7 Å². The van der Waals surface area contributed by atoms with Crippen LogP contribution in [0.3, 0.4) is 0 Å². The summed E-state index contributed by atoms with van der Waals surface area (Å²) in [5.74, 6) is -0.0660. The Morgan fingerprint density at radius 3 is 2.46 bits per heavy atom. The molecule has 0 bridgehead atoms. The number of nitrogens with zero attached hydrogens (tertiary/aromatic N) is 1. The average molecular weight is 441 g/mol. The lowest BCUT2D eigenvalue weighted by Crippen LogP contribution is -2.48. The van der Waals surface area contributed by atoms with Crippen molar-refractivity contribution >= 4 is 27.9 Å². The highest BCUT2D eigenvalue weighted by Gasteiger charge is 2.28. The van der Waals surface area contributed by atoms with Gasteiger partial charge < -0.3 is 10.1 Å². The Hall–Kier alpha value is -2.01. The Kier molecular flexibility index (Phi) is 9.21. The normalized spacial score (nSPS) is 11.2. The number of carbonyl (C=O) groups excluding carboxylic acids is 2. The molecule has 1 rings (SSSR count). The molecule has 0 saturated heterocycles. The van der Waals surface area contributed by atoms with Crippen LogP contribution in [-0.2, 0) is 4.79 Å². The predicted octanol–water partition coefficient (Wildman–Crippen LogP) is 2.04. The largest absolute Gasteiger partial charge is 0.484 e. The molecular weight excluding hydrogens is 421 g/mol. The standard InChI is InChI=1S/C15H20BrF3N4O3/c1-23(10-15(17,18)19)8-2-7-20-14(25)22-21-13(24)9-26-12-5-3-11(16)4-6-12/h3-6H,2,7-10H2,1H3,(H,21,24)(H2,20,22,25).